The van der Waals surface area contributed by atoms with Gasteiger partial charge in [-0.25, -0.2) is 0 Å². The Hall–Kier alpha value is -0.570. The molecular formula is C10H19NO2. The van der Waals surface area contributed by atoms with Gasteiger partial charge in [-0.1, -0.05) is 19.8 Å². The van der Waals surface area contributed by atoms with Crippen LogP contribution in [-0.2, 0) is 4.79 Å². The molecule has 0 aromatic rings. The summed E-state index contributed by atoms with van der Waals surface area (Å²) in [5, 5.41) is 9.22. The Morgan fingerprint density at radius 3 is 2.38 bits per heavy atom. The number of carbonyl (C=O) groups is 1. The van der Waals surface area contributed by atoms with Crippen molar-refractivity contribution in [2.75, 3.05) is 13.6 Å². The van der Waals surface area contributed by atoms with E-state index in [1.165, 1.54) is 0 Å². The van der Waals surface area contributed by atoms with Gasteiger partial charge in [0.1, 0.15) is 5.54 Å². The lowest BCUT2D eigenvalue weighted by Gasteiger charge is -2.34. The second kappa shape index (κ2) is 4.09. The largest absolute Gasteiger partial charge is 0.480 e. The molecule has 0 aliphatic heterocycles. The topological polar surface area (TPSA) is 40.5 Å². The third kappa shape index (κ3) is 1.85. The Morgan fingerprint density at radius 2 is 2.00 bits per heavy atom. The first kappa shape index (κ1) is 10.5. The molecule has 0 aromatic carbocycles. The minimum absolute atomic E-state index is 0.546. The van der Waals surface area contributed by atoms with Gasteiger partial charge >= 0.3 is 5.97 Å². The quantitative estimate of drug-likeness (QED) is 0.725. The molecule has 1 N–H and O–H groups in total. The molecule has 0 radical (unpaired) electrons. The van der Waals surface area contributed by atoms with E-state index in [0.29, 0.717) is 0 Å². The van der Waals surface area contributed by atoms with E-state index in [-0.39, 0.29) is 0 Å². The molecule has 13 heavy (non-hydrogen) atoms. The normalized spacial score (nSPS) is 20.8. The molecule has 0 amide bonds. The van der Waals surface area contributed by atoms with Gasteiger partial charge in [-0.2, -0.15) is 0 Å². The van der Waals surface area contributed by atoms with Crippen molar-refractivity contribution in [2.45, 2.75) is 44.6 Å². The molecule has 0 bridgehead atoms. The van der Waals surface area contributed by atoms with Gasteiger partial charge in [-0.05, 0) is 32.9 Å². The first-order valence-electron chi connectivity index (χ1n) is 5.08. The highest BCUT2D eigenvalue weighted by Crippen LogP contribution is 2.34. The molecule has 1 saturated carbocycles. The highest BCUT2D eigenvalue weighted by atomic mass is 16.4. The highest BCUT2D eigenvalue weighted by Gasteiger charge is 2.44. The van der Waals surface area contributed by atoms with Gasteiger partial charge in [0.05, 0.1) is 0 Å². The monoisotopic (exact) mass is 185 g/mol. The smallest absolute Gasteiger partial charge is 0.324 e. The van der Waals surface area contributed by atoms with Crippen molar-refractivity contribution >= 4 is 5.97 Å². The summed E-state index contributed by atoms with van der Waals surface area (Å²) in [6.07, 6.45) is 4.77. The average Bonchev–Trinajstić information content (AvgIpc) is 2.53. The van der Waals surface area contributed by atoms with Crippen molar-refractivity contribution in [2.24, 2.45) is 0 Å². The molecule has 0 unspecified atom stereocenters. The Labute approximate surface area is 79.7 Å². The van der Waals surface area contributed by atoms with E-state index in [9.17, 15) is 9.90 Å². The van der Waals surface area contributed by atoms with Gasteiger partial charge in [0.15, 0.2) is 0 Å². The maximum absolute atomic E-state index is 11.2. The molecule has 0 atom stereocenters. The van der Waals surface area contributed by atoms with Crippen LogP contribution in [0.15, 0.2) is 0 Å². The van der Waals surface area contributed by atoms with E-state index in [0.717, 1.165) is 38.6 Å². The summed E-state index contributed by atoms with van der Waals surface area (Å²) in [7, 11) is 1.93. The van der Waals surface area contributed by atoms with Crippen LogP contribution >= 0.6 is 0 Å². The van der Waals surface area contributed by atoms with Crippen LogP contribution in [0.1, 0.15) is 39.0 Å². The molecule has 0 aromatic heterocycles. The molecule has 3 heteroatoms. The zero-order valence-electron chi connectivity index (χ0n) is 8.55. The summed E-state index contributed by atoms with van der Waals surface area (Å²) < 4.78 is 0. The van der Waals surface area contributed by atoms with Gasteiger partial charge in [0.25, 0.3) is 0 Å². The lowest BCUT2D eigenvalue weighted by atomic mass is 9.95. The molecule has 1 aliphatic carbocycles. The van der Waals surface area contributed by atoms with Gasteiger partial charge < -0.3 is 5.11 Å². The van der Waals surface area contributed by atoms with Crippen molar-refractivity contribution in [1.29, 1.82) is 0 Å². The van der Waals surface area contributed by atoms with Crippen LogP contribution < -0.4 is 0 Å². The van der Waals surface area contributed by atoms with E-state index in [1.54, 1.807) is 0 Å². The average molecular weight is 185 g/mol. The zero-order chi connectivity index (χ0) is 9.90. The summed E-state index contributed by atoms with van der Waals surface area (Å²) in [6, 6.07) is 0. The number of nitrogens with zero attached hydrogens (tertiary/aromatic N) is 1. The number of hydrogen-bond donors (Lipinski definition) is 1. The van der Waals surface area contributed by atoms with Crippen LogP contribution in [0.2, 0.25) is 0 Å². The summed E-state index contributed by atoms with van der Waals surface area (Å²) in [5.41, 5.74) is -0.546. The molecule has 1 fully saturated rings. The highest BCUT2D eigenvalue weighted by molar-refractivity contribution is 5.79. The van der Waals surface area contributed by atoms with Crippen LogP contribution in [0.5, 0.6) is 0 Å². The Morgan fingerprint density at radius 1 is 1.46 bits per heavy atom. The van der Waals surface area contributed by atoms with Crippen LogP contribution in [-0.4, -0.2) is 35.1 Å². The second-order valence-corrected chi connectivity index (χ2v) is 3.97. The third-order valence-electron chi connectivity index (χ3n) is 3.12. The van der Waals surface area contributed by atoms with Gasteiger partial charge in [0.2, 0.25) is 0 Å². The van der Waals surface area contributed by atoms with Crippen molar-refractivity contribution in [1.82, 2.24) is 4.90 Å². The third-order valence-corrected chi connectivity index (χ3v) is 3.12. The lowest BCUT2D eigenvalue weighted by Crippen LogP contribution is -2.51. The minimum atomic E-state index is -0.638. The number of aliphatic carboxylic acids is 1. The summed E-state index contributed by atoms with van der Waals surface area (Å²) in [5.74, 6) is -0.638. The Kier molecular flexibility index (Phi) is 3.31. The number of hydrogen-bond acceptors (Lipinski definition) is 2. The Bertz CT molecular complexity index is 185. The van der Waals surface area contributed by atoms with Gasteiger partial charge in [0, 0.05) is 0 Å². The first-order chi connectivity index (χ1) is 6.13. The van der Waals surface area contributed by atoms with E-state index >= 15 is 0 Å². The second-order valence-electron chi connectivity index (χ2n) is 3.97. The molecule has 1 aliphatic rings. The molecular weight excluding hydrogens is 166 g/mol. The molecule has 3 nitrogen and oxygen atoms in total. The van der Waals surface area contributed by atoms with Crippen molar-refractivity contribution < 1.29 is 9.90 Å². The molecule has 0 heterocycles. The predicted molar refractivity (Wildman–Crippen MR) is 51.8 cm³/mol. The van der Waals surface area contributed by atoms with Crippen LogP contribution in [0, 0.1) is 0 Å². The van der Waals surface area contributed by atoms with Crippen molar-refractivity contribution in [3.8, 4) is 0 Å². The fourth-order valence-electron chi connectivity index (χ4n) is 2.27. The number of likely N-dealkylation sites (N-methyl/N-ethyl adjacent to an activating group) is 1. The number of carboxylic acids is 1. The molecule has 76 valence electrons. The van der Waals surface area contributed by atoms with Crippen LogP contribution in [0.25, 0.3) is 0 Å². The fourth-order valence-corrected chi connectivity index (χ4v) is 2.27. The van der Waals surface area contributed by atoms with Gasteiger partial charge in [-0.15, -0.1) is 0 Å². The van der Waals surface area contributed by atoms with Crippen molar-refractivity contribution in [3.05, 3.63) is 0 Å². The van der Waals surface area contributed by atoms with Gasteiger partial charge in [-0.3, -0.25) is 9.69 Å². The minimum Gasteiger partial charge on any atom is -0.480 e. The lowest BCUT2D eigenvalue weighted by molar-refractivity contribution is -0.150. The van der Waals surface area contributed by atoms with E-state index in [4.69, 9.17) is 0 Å². The fraction of sp³-hybridized carbons (Fsp3) is 0.900. The summed E-state index contributed by atoms with van der Waals surface area (Å²) in [4.78, 5) is 13.2. The predicted octanol–water partition coefficient (Wildman–Crippen LogP) is 1.73. The van der Waals surface area contributed by atoms with Crippen molar-refractivity contribution in [3.63, 3.8) is 0 Å². The maximum atomic E-state index is 11.2. The van der Waals surface area contributed by atoms with E-state index < -0.39 is 11.5 Å². The first-order valence-corrected chi connectivity index (χ1v) is 5.08. The number of rotatable bonds is 4. The van der Waals surface area contributed by atoms with E-state index in [2.05, 4.69) is 6.92 Å². The Balaban J connectivity index is 2.71. The SMILES string of the molecule is CCCN(C)C1(C(=O)O)CCCC1. The number of carboxylic acid groups (broad SMARTS) is 1. The maximum Gasteiger partial charge on any atom is 0.324 e. The molecule has 0 saturated heterocycles. The molecule has 0 spiro atoms. The molecule has 1 rings (SSSR count). The summed E-state index contributed by atoms with van der Waals surface area (Å²) in [6.45, 7) is 2.97. The van der Waals surface area contributed by atoms with E-state index in [1.807, 2.05) is 11.9 Å². The summed E-state index contributed by atoms with van der Waals surface area (Å²) >= 11 is 0. The van der Waals surface area contributed by atoms with Crippen LogP contribution in [0.4, 0.5) is 0 Å². The van der Waals surface area contributed by atoms with Crippen LogP contribution in [0.3, 0.4) is 0 Å². The standard InChI is InChI=1S/C10H19NO2/c1-3-8-11(2)10(9(12)13)6-4-5-7-10/h3-8H2,1-2H3,(H,12,13). The zero-order valence-corrected chi connectivity index (χ0v) is 8.55.